The van der Waals surface area contributed by atoms with E-state index in [0.29, 0.717) is 17.1 Å². The Balaban J connectivity index is 1.99. The first-order chi connectivity index (χ1) is 9.19. The van der Waals surface area contributed by atoms with Crippen LogP contribution in [0, 0.1) is 5.82 Å². The number of methoxy groups -OCH3 is 1. The molecule has 2 rings (SSSR count). The van der Waals surface area contributed by atoms with Crippen molar-refractivity contribution in [1.82, 2.24) is 4.98 Å². The van der Waals surface area contributed by atoms with E-state index in [0.717, 1.165) is 4.90 Å². The van der Waals surface area contributed by atoms with Crippen molar-refractivity contribution in [2.75, 3.05) is 12.9 Å². The van der Waals surface area contributed by atoms with Crippen LogP contribution in [0.25, 0.3) is 0 Å². The van der Waals surface area contributed by atoms with Crippen LogP contribution in [0.3, 0.4) is 0 Å². The third-order valence-corrected chi connectivity index (χ3v) is 3.63. The van der Waals surface area contributed by atoms with Gasteiger partial charge in [0, 0.05) is 22.4 Å². The van der Waals surface area contributed by atoms with Crippen LogP contribution in [0.4, 0.5) is 4.39 Å². The van der Waals surface area contributed by atoms with E-state index in [1.165, 1.54) is 23.9 Å². The predicted molar refractivity (Wildman–Crippen MR) is 72.9 cm³/mol. The smallest absolute Gasteiger partial charge is 0.137 e. The largest absolute Gasteiger partial charge is 0.495 e. The number of aliphatic hydroxyl groups excluding tert-OH is 1. The van der Waals surface area contributed by atoms with Gasteiger partial charge in [-0.25, -0.2) is 4.39 Å². The molecule has 0 saturated heterocycles. The fourth-order valence-electron chi connectivity index (χ4n) is 1.56. The Morgan fingerprint density at radius 2 is 2.21 bits per heavy atom. The summed E-state index contributed by atoms with van der Waals surface area (Å²) < 4.78 is 18.1. The van der Waals surface area contributed by atoms with Gasteiger partial charge >= 0.3 is 0 Å². The number of ether oxygens (including phenoxy) is 1. The van der Waals surface area contributed by atoms with Gasteiger partial charge in [0.15, 0.2) is 0 Å². The van der Waals surface area contributed by atoms with E-state index in [1.54, 1.807) is 31.6 Å². The highest BCUT2D eigenvalue weighted by Crippen LogP contribution is 2.26. The molecule has 0 amide bonds. The van der Waals surface area contributed by atoms with E-state index < -0.39 is 6.10 Å². The number of aromatic nitrogens is 1. The summed E-state index contributed by atoms with van der Waals surface area (Å²) in [4.78, 5) is 4.78. The highest BCUT2D eigenvalue weighted by atomic mass is 32.2. The Labute approximate surface area is 115 Å². The monoisotopic (exact) mass is 279 g/mol. The summed E-state index contributed by atoms with van der Waals surface area (Å²) in [5.74, 6) is 0.757. The minimum atomic E-state index is -0.670. The first-order valence-corrected chi connectivity index (χ1v) is 6.73. The molecule has 0 aliphatic heterocycles. The number of aliphatic hydroxyl groups is 1. The molecule has 0 spiro atoms. The third kappa shape index (κ3) is 3.94. The third-order valence-electron chi connectivity index (χ3n) is 2.56. The van der Waals surface area contributed by atoms with Crippen LogP contribution in [0.2, 0.25) is 0 Å². The van der Waals surface area contributed by atoms with Gasteiger partial charge in [0.25, 0.3) is 0 Å². The Morgan fingerprint density at radius 3 is 2.95 bits per heavy atom. The first-order valence-electron chi connectivity index (χ1n) is 5.74. The Kier molecular flexibility index (Phi) is 4.76. The molecule has 1 N–H and O–H groups in total. The summed E-state index contributed by atoms with van der Waals surface area (Å²) in [6.45, 7) is 0. The van der Waals surface area contributed by atoms with Gasteiger partial charge in [-0.15, -0.1) is 11.8 Å². The molecular weight excluding hydrogens is 265 g/mol. The SMILES string of the molecule is COc1cncc(C(O)CSc2cccc(F)c2)c1. The number of pyridine rings is 1. The average Bonchev–Trinajstić information content (AvgIpc) is 2.45. The zero-order chi connectivity index (χ0) is 13.7. The minimum absolute atomic E-state index is 0.275. The van der Waals surface area contributed by atoms with Gasteiger partial charge in [-0.3, -0.25) is 4.98 Å². The van der Waals surface area contributed by atoms with Gasteiger partial charge in [0.1, 0.15) is 11.6 Å². The second-order valence-electron chi connectivity index (χ2n) is 3.94. The first kappa shape index (κ1) is 13.8. The fraction of sp³-hybridized carbons (Fsp3) is 0.214. The van der Waals surface area contributed by atoms with Gasteiger partial charge in [0.2, 0.25) is 0 Å². The summed E-state index contributed by atoms with van der Waals surface area (Å²) in [5, 5.41) is 10.1. The molecule has 5 heteroatoms. The van der Waals surface area contributed by atoms with Crippen molar-refractivity contribution < 1.29 is 14.2 Å². The highest BCUT2D eigenvalue weighted by Gasteiger charge is 2.10. The van der Waals surface area contributed by atoms with E-state index >= 15 is 0 Å². The standard InChI is InChI=1S/C14H14FNO2S/c1-18-12-5-10(7-16-8-12)14(17)9-19-13-4-2-3-11(15)6-13/h2-8,14,17H,9H2,1H3. The lowest BCUT2D eigenvalue weighted by atomic mass is 10.2. The molecule has 3 nitrogen and oxygen atoms in total. The number of thioether (sulfide) groups is 1. The lowest BCUT2D eigenvalue weighted by Crippen LogP contribution is -2.01. The molecule has 0 fully saturated rings. The van der Waals surface area contributed by atoms with E-state index in [4.69, 9.17) is 4.74 Å². The minimum Gasteiger partial charge on any atom is -0.495 e. The van der Waals surface area contributed by atoms with Gasteiger partial charge in [-0.05, 0) is 24.3 Å². The maximum absolute atomic E-state index is 13.0. The Morgan fingerprint density at radius 1 is 1.37 bits per heavy atom. The molecule has 0 radical (unpaired) electrons. The second kappa shape index (κ2) is 6.54. The van der Waals surface area contributed by atoms with Crippen LogP contribution in [0.15, 0.2) is 47.6 Å². The van der Waals surface area contributed by atoms with E-state index in [9.17, 15) is 9.50 Å². The normalized spacial score (nSPS) is 12.2. The van der Waals surface area contributed by atoms with Gasteiger partial charge in [-0.1, -0.05) is 6.07 Å². The quantitative estimate of drug-likeness (QED) is 0.854. The highest BCUT2D eigenvalue weighted by molar-refractivity contribution is 7.99. The lowest BCUT2D eigenvalue weighted by molar-refractivity contribution is 0.203. The fourth-order valence-corrected chi connectivity index (χ4v) is 2.47. The molecule has 2 aromatic rings. The molecule has 19 heavy (non-hydrogen) atoms. The molecule has 1 atom stereocenters. The Hall–Kier alpha value is -1.59. The van der Waals surface area contributed by atoms with Crippen molar-refractivity contribution in [2.45, 2.75) is 11.0 Å². The molecule has 0 aliphatic carbocycles. The molecule has 0 bridgehead atoms. The number of hydrogen-bond donors (Lipinski definition) is 1. The van der Waals surface area contributed by atoms with Crippen LogP contribution < -0.4 is 4.74 Å². The number of nitrogens with zero attached hydrogens (tertiary/aromatic N) is 1. The molecule has 1 unspecified atom stereocenters. The molecule has 100 valence electrons. The van der Waals surface area contributed by atoms with E-state index in [-0.39, 0.29) is 5.82 Å². The van der Waals surface area contributed by atoms with Gasteiger partial charge < -0.3 is 9.84 Å². The summed E-state index contributed by atoms with van der Waals surface area (Å²) in [7, 11) is 1.55. The molecule has 1 aromatic heterocycles. The van der Waals surface area contributed by atoms with Crippen molar-refractivity contribution in [3.63, 3.8) is 0 Å². The van der Waals surface area contributed by atoms with Crippen LogP contribution in [-0.4, -0.2) is 23.0 Å². The van der Waals surface area contributed by atoms with Crippen LogP contribution in [-0.2, 0) is 0 Å². The molecule has 1 aromatic carbocycles. The molecular formula is C14H14FNO2S. The summed E-state index contributed by atoms with van der Waals surface area (Å²) in [5.41, 5.74) is 0.684. The van der Waals surface area contributed by atoms with Crippen molar-refractivity contribution in [3.05, 3.63) is 54.1 Å². The zero-order valence-electron chi connectivity index (χ0n) is 10.4. The Bertz CT molecular complexity index is 550. The average molecular weight is 279 g/mol. The molecule has 0 saturated carbocycles. The maximum atomic E-state index is 13.0. The predicted octanol–water partition coefficient (Wildman–Crippen LogP) is 3.06. The molecule has 0 aliphatic rings. The number of hydrogen-bond acceptors (Lipinski definition) is 4. The molecule has 1 heterocycles. The van der Waals surface area contributed by atoms with Crippen molar-refractivity contribution in [1.29, 1.82) is 0 Å². The number of rotatable bonds is 5. The maximum Gasteiger partial charge on any atom is 0.137 e. The zero-order valence-corrected chi connectivity index (χ0v) is 11.2. The van der Waals surface area contributed by atoms with Crippen LogP contribution >= 0.6 is 11.8 Å². The number of halogens is 1. The van der Waals surface area contributed by atoms with Crippen LogP contribution in [0.1, 0.15) is 11.7 Å². The van der Waals surface area contributed by atoms with Crippen LogP contribution in [0.5, 0.6) is 5.75 Å². The van der Waals surface area contributed by atoms with E-state index in [2.05, 4.69) is 4.98 Å². The van der Waals surface area contributed by atoms with Gasteiger partial charge in [-0.2, -0.15) is 0 Å². The summed E-state index contributed by atoms with van der Waals surface area (Å²) in [6, 6.07) is 8.04. The van der Waals surface area contributed by atoms with Gasteiger partial charge in [0.05, 0.1) is 19.4 Å². The van der Waals surface area contributed by atoms with Crippen molar-refractivity contribution in [2.24, 2.45) is 0 Å². The lowest BCUT2D eigenvalue weighted by Gasteiger charge is -2.11. The topological polar surface area (TPSA) is 42.4 Å². The van der Waals surface area contributed by atoms with E-state index in [1.807, 2.05) is 6.07 Å². The summed E-state index contributed by atoms with van der Waals surface area (Å²) in [6.07, 6.45) is 2.51. The van der Waals surface area contributed by atoms with Crippen molar-refractivity contribution >= 4 is 11.8 Å². The van der Waals surface area contributed by atoms with Crippen molar-refractivity contribution in [3.8, 4) is 5.75 Å². The summed E-state index contributed by atoms with van der Waals surface area (Å²) >= 11 is 1.39. The second-order valence-corrected chi connectivity index (χ2v) is 5.04. The number of benzene rings is 1.